The molecule has 4 heterocycles. The van der Waals surface area contributed by atoms with Crippen molar-refractivity contribution < 1.29 is 24.2 Å². The Labute approximate surface area is 201 Å². The van der Waals surface area contributed by atoms with Gasteiger partial charge in [-0.05, 0) is 37.5 Å². The molecule has 0 spiro atoms. The van der Waals surface area contributed by atoms with Crippen LogP contribution in [-0.4, -0.2) is 57.7 Å². The normalized spacial score (nSPS) is 21.5. The molecule has 0 saturated heterocycles. The van der Waals surface area contributed by atoms with Crippen LogP contribution in [0.3, 0.4) is 0 Å². The second-order valence-corrected chi connectivity index (χ2v) is 8.64. The maximum absolute atomic E-state index is 13.0. The minimum Gasteiger partial charge on any atom is -0.481 e. The van der Waals surface area contributed by atoms with E-state index in [0.717, 1.165) is 0 Å². The monoisotopic (exact) mass is 478 g/mol. The van der Waals surface area contributed by atoms with Crippen LogP contribution in [0.15, 0.2) is 36.7 Å². The number of hydrogen-bond acceptors (Lipinski definition) is 9. The van der Waals surface area contributed by atoms with Gasteiger partial charge in [-0.25, -0.2) is 4.98 Å². The molecule has 0 aromatic carbocycles. The SMILES string of the molecule is COc1ccc2nccc(NC(=O)[C@H]3CC[C@H](NCc4cc5c(cn4)OCC(=O)N5)[C@@H](O)C3)c2n1. The van der Waals surface area contributed by atoms with Crippen molar-refractivity contribution >= 4 is 34.2 Å². The third-order valence-corrected chi connectivity index (χ3v) is 6.32. The summed E-state index contributed by atoms with van der Waals surface area (Å²) in [6, 6.07) is 6.79. The molecule has 0 radical (unpaired) electrons. The average molecular weight is 479 g/mol. The second kappa shape index (κ2) is 9.80. The molecule has 2 amide bonds. The zero-order chi connectivity index (χ0) is 24.4. The summed E-state index contributed by atoms with van der Waals surface area (Å²) in [5.74, 6) is 0.281. The van der Waals surface area contributed by atoms with Gasteiger partial charge in [-0.2, -0.15) is 0 Å². The lowest BCUT2D eigenvalue weighted by Gasteiger charge is -2.33. The van der Waals surface area contributed by atoms with Crippen LogP contribution >= 0.6 is 0 Å². The molecular weight excluding hydrogens is 452 g/mol. The van der Waals surface area contributed by atoms with Crippen molar-refractivity contribution in [3.05, 3.63) is 42.4 Å². The Kier molecular flexibility index (Phi) is 6.43. The Morgan fingerprint density at radius 2 is 2.17 bits per heavy atom. The number of pyridine rings is 3. The molecule has 3 aromatic rings. The number of anilines is 2. The molecule has 3 atom stereocenters. The van der Waals surface area contributed by atoms with E-state index < -0.39 is 6.10 Å². The fraction of sp³-hybridized carbons (Fsp3) is 0.375. The van der Waals surface area contributed by atoms with E-state index in [-0.39, 0.29) is 30.4 Å². The lowest BCUT2D eigenvalue weighted by molar-refractivity contribution is -0.122. The Hall–Kier alpha value is -3.83. The number of nitrogens with zero attached hydrogens (tertiary/aromatic N) is 3. The van der Waals surface area contributed by atoms with Crippen LogP contribution in [-0.2, 0) is 16.1 Å². The van der Waals surface area contributed by atoms with Gasteiger partial charge in [-0.3, -0.25) is 19.6 Å². The number of fused-ring (bicyclic) bond motifs is 2. The van der Waals surface area contributed by atoms with Crippen LogP contribution in [0.2, 0.25) is 0 Å². The minimum atomic E-state index is -0.687. The topological polar surface area (TPSA) is 148 Å². The van der Waals surface area contributed by atoms with Crippen molar-refractivity contribution in [1.29, 1.82) is 0 Å². The first-order valence-corrected chi connectivity index (χ1v) is 11.4. The largest absolute Gasteiger partial charge is 0.481 e. The highest BCUT2D eigenvalue weighted by Gasteiger charge is 2.33. The number of carbonyl (C=O) groups excluding carboxylic acids is 2. The number of aliphatic hydroxyl groups excluding tert-OH is 1. The molecule has 4 N–H and O–H groups in total. The average Bonchev–Trinajstić information content (AvgIpc) is 2.87. The number of aromatic nitrogens is 3. The summed E-state index contributed by atoms with van der Waals surface area (Å²) in [5.41, 5.74) is 3.07. The molecule has 182 valence electrons. The number of amides is 2. The summed E-state index contributed by atoms with van der Waals surface area (Å²) in [6.45, 7) is 0.398. The molecule has 35 heavy (non-hydrogen) atoms. The van der Waals surface area contributed by atoms with Crippen LogP contribution in [0, 0.1) is 5.92 Å². The van der Waals surface area contributed by atoms with Crippen molar-refractivity contribution in [1.82, 2.24) is 20.3 Å². The van der Waals surface area contributed by atoms with E-state index in [1.165, 1.54) is 7.11 Å². The predicted molar refractivity (Wildman–Crippen MR) is 127 cm³/mol. The highest BCUT2D eigenvalue weighted by Crippen LogP contribution is 2.29. The van der Waals surface area contributed by atoms with Crippen LogP contribution in [0.1, 0.15) is 25.0 Å². The second-order valence-electron chi connectivity index (χ2n) is 8.64. The van der Waals surface area contributed by atoms with Crippen LogP contribution in [0.5, 0.6) is 11.6 Å². The Morgan fingerprint density at radius 3 is 3.00 bits per heavy atom. The third-order valence-electron chi connectivity index (χ3n) is 6.32. The third kappa shape index (κ3) is 5.00. The maximum atomic E-state index is 13.0. The smallest absolute Gasteiger partial charge is 0.262 e. The first-order chi connectivity index (χ1) is 17.0. The van der Waals surface area contributed by atoms with Gasteiger partial charge < -0.3 is 30.5 Å². The fourth-order valence-corrected chi connectivity index (χ4v) is 4.44. The van der Waals surface area contributed by atoms with E-state index in [0.29, 0.717) is 65.5 Å². The van der Waals surface area contributed by atoms with Gasteiger partial charge in [-0.1, -0.05) is 0 Å². The van der Waals surface area contributed by atoms with Gasteiger partial charge in [0.05, 0.1) is 42.0 Å². The molecule has 2 aliphatic rings. The van der Waals surface area contributed by atoms with Crippen LogP contribution in [0.4, 0.5) is 11.4 Å². The number of hydrogen-bond donors (Lipinski definition) is 4. The van der Waals surface area contributed by atoms with Crippen molar-refractivity contribution in [2.24, 2.45) is 5.92 Å². The summed E-state index contributed by atoms with van der Waals surface area (Å²) in [5, 5.41) is 19.8. The van der Waals surface area contributed by atoms with E-state index in [2.05, 4.69) is 30.9 Å². The molecule has 1 aliphatic heterocycles. The van der Waals surface area contributed by atoms with Gasteiger partial charge >= 0.3 is 0 Å². The summed E-state index contributed by atoms with van der Waals surface area (Å²) in [6.07, 6.45) is 4.11. The predicted octanol–water partition coefficient (Wildman–Crippen LogP) is 1.62. The van der Waals surface area contributed by atoms with Gasteiger partial charge in [0, 0.05) is 30.8 Å². The number of carbonyl (C=O) groups is 2. The highest BCUT2D eigenvalue weighted by molar-refractivity contribution is 6.00. The molecule has 1 fully saturated rings. The summed E-state index contributed by atoms with van der Waals surface area (Å²) < 4.78 is 10.5. The molecule has 1 saturated carbocycles. The van der Waals surface area contributed by atoms with Gasteiger partial charge in [0.2, 0.25) is 11.8 Å². The van der Waals surface area contributed by atoms with E-state index >= 15 is 0 Å². The molecule has 11 heteroatoms. The molecule has 0 unspecified atom stereocenters. The number of aliphatic hydroxyl groups is 1. The molecule has 3 aromatic heterocycles. The first-order valence-electron chi connectivity index (χ1n) is 11.4. The van der Waals surface area contributed by atoms with E-state index in [1.54, 1.807) is 36.7 Å². The molecular formula is C24H26N6O5. The maximum Gasteiger partial charge on any atom is 0.262 e. The van der Waals surface area contributed by atoms with Gasteiger partial charge in [0.1, 0.15) is 5.52 Å². The van der Waals surface area contributed by atoms with E-state index in [4.69, 9.17) is 9.47 Å². The quantitative estimate of drug-likeness (QED) is 0.415. The van der Waals surface area contributed by atoms with E-state index in [1.807, 2.05) is 0 Å². The number of methoxy groups -OCH3 is 1. The van der Waals surface area contributed by atoms with Crippen LogP contribution in [0.25, 0.3) is 11.0 Å². The molecule has 5 rings (SSSR count). The van der Waals surface area contributed by atoms with Crippen molar-refractivity contribution in [2.45, 2.75) is 38.0 Å². The van der Waals surface area contributed by atoms with Crippen molar-refractivity contribution in [3.63, 3.8) is 0 Å². The highest BCUT2D eigenvalue weighted by atomic mass is 16.5. The molecule has 1 aliphatic carbocycles. The lowest BCUT2D eigenvalue weighted by Crippen LogP contribution is -2.46. The van der Waals surface area contributed by atoms with Gasteiger partial charge in [0.25, 0.3) is 5.91 Å². The van der Waals surface area contributed by atoms with E-state index in [9.17, 15) is 14.7 Å². The molecule has 0 bridgehead atoms. The first kappa shape index (κ1) is 22.9. The summed E-state index contributed by atoms with van der Waals surface area (Å²) >= 11 is 0. The lowest BCUT2D eigenvalue weighted by atomic mass is 9.83. The van der Waals surface area contributed by atoms with Gasteiger partial charge in [-0.15, -0.1) is 0 Å². The standard InChI is InChI=1S/C24H26N6O5/c1-34-22-5-4-16-23(30-22)17(6-7-25-16)29-24(33)13-2-3-15(19(31)8-13)27-10-14-9-18-20(11-26-14)35-12-21(32)28-18/h4-7,9,11,13,15,19,27,31H,2-3,8,10,12H2,1H3,(H,28,32)(H,25,29,33)/t13-,15-,19-/m0/s1. The minimum absolute atomic E-state index is 0.0165. The van der Waals surface area contributed by atoms with Crippen molar-refractivity contribution in [3.8, 4) is 11.6 Å². The van der Waals surface area contributed by atoms with Crippen LogP contribution < -0.4 is 25.4 Å². The fourth-order valence-electron chi connectivity index (χ4n) is 4.44. The number of nitrogens with one attached hydrogen (secondary N) is 3. The Morgan fingerprint density at radius 1 is 1.29 bits per heavy atom. The summed E-state index contributed by atoms with van der Waals surface area (Å²) in [4.78, 5) is 37.5. The number of ether oxygens (including phenoxy) is 2. The zero-order valence-corrected chi connectivity index (χ0v) is 19.2. The molecule has 11 nitrogen and oxygen atoms in total. The Balaban J connectivity index is 1.18. The zero-order valence-electron chi connectivity index (χ0n) is 19.2. The van der Waals surface area contributed by atoms with Gasteiger partial charge in [0.15, 0.2) is 12.4 Å². The summed E-state index contributed by atoms with van der Waals surface area (Å²) in [7, 11) is 1.53. The number of rotatable bonds is 6. The Bertz CT molecular complexity index is 1270. The van der Waals surface area contributed by atoms with Crippen molar-refractivity contribution in [2.75, 3.05) is 24.4 Å².